The van der Waals surface area contributed by atoms with Gasteiger partial charge in [-0.2, -0.15) is 0 Å². The number of benzene rings is 1. The van der Waals surface area contributed by atoms with Gasteiger partial charge in [-0.1, -0.05) is 25.5 Å². The summed E-state index contributed by atoms with van der Waals surface area (Å²) in [7, 11) is 0. The fourth-order valence-corrected chi connectivity index (χ4v) is 2.74. The summed E-state index contributed by atoms with van der Waals surface area (Å²) in [4.78, 5) is 37.5. The number of aryl methyl sites for hydroxylation is 1. The van der Waals surface area contributed by atoms with Crippen molar-refractivity contribution in [2.45, 2.75) is 45.6 Å². The number of carbonyl (C=O) groups is 3. The molecule has 3 N–H and O–H groups in total. The molecule has 0 aliphatic carbocycles. The Kier molecular flexibility index (Phi) is 5.26. The Balaban J connectivity index is 2.05. The maximum atomic E-state index is 12.3. The number of hydrogen-bond donors (Lipinski definition) is 2. The van der Waals surface area contributed by atoms with Crippen molar-refractivity contribution in [1.82, 2.24) is 5.32 Å². The predicted octanol–water partition coefficient (Wildman–Crippen LogP) is 1.37. The van der Waals surface area contributed by atoms with Crippen LogP contribution in [-0.2, 0) is 20.8 Å². The van der Waals surface area contributed by atoms with E-state index in [1.165, 1.54) is 5.56 Å². The molecule has 3 amide bonds. The summed E-state index contributed by atoms with van der Waals surface area (Å²) in [6.07, 6.45) is 2.21. The third-order valence-electron chi connectivity index (χ3n) is 4.33. The van der Waals surface area contributed by atoms with Gasteiger partial charge in [0, 0.05) is 18.7 Å². The topological polar surface area (TPSA) is 92.5 Å². The average molecular weight is 331 g/mol. The first-order valence-corrected chi connectivity index (χ1v) is 8.26. The van der Waals surface area contributed by atoms with E-state index in [9.17, 15) is 14.4 Å². The number of nitrogens with one attached hydrogen (secondary N) is 1. The molecule has 1 unspecified atom stereocenters. The fraction of sp³-hybridized carbons (Fsp3) is 0.500. The molecule has 24 heavy (non-hydrogen) atoms. The summed E-state index contributed by atoms with van der Waals surface area (Å²) < 4.78 is 0. The molecule has 6 nitrogen and oxygen atoms in total. The molecular weight excluding hydrogens is 306 g/mol. The molecule has 6 heteroatoms. The number of amides is 3. The normalized spacial score (nSPS) is 17.9. The zero-order valence-corrected chi connectivity index (χ0v) is 14.5. The van der Waals surface area contributed by atoms with E-state index in [0.29, 0.717) is 6.54 Å². The Morgan fingerprint density at radius 3 is 2.46 bits per heavy atom. The number of nitrogens with two attached hydrogens (primary N) is 1. The molecule has 0 spiro atoms. The second kappa shape index (κ2) is 7.03. The zero-order chi connectivity index (χ0) is 17.9. The molecule has 1 aromatic carbocycles. The molecule has 1 saturated heterocycles. The monoisotopic (exact) mass is 331 g/mol. The van der Waals surface area contributed by atoms with Crippen molar-refractivity contribution in [3.05, 3.63) is 29.8 Å². The van der Waals surface area contributed by atoms with E-state index >= 15 is 0 Å². The number of hydrogen-bond acceptors (Lipinski definition) is 3. The van der Waals surface area contributed by atoms with Crippen LogP contribution < -0.4 is 16.0 Å². The van der Waals surface area contributed by atoms with Gasteiger partial charge in [0.15, 0.2) is 0 Å². The Bertz CT molecular complexity index is 637. The fourth-order valence-electron chi connectivity index (χ4n) is 2.74. The van der Waals surface area contributed by atoms with Crippen molar-refractivity contribution >= 4 is 23.4 Å². The smallest absolute Gasteiger partial charge is 0.242 e. The maximum Gasteiger partial charge on any atom is 0.242 e. The second-order valence-corrected chi connectivity index (χ2v) is 6.80. The van der Waals surface area contributed by atoms with Crippen LogP contribution in [0.3, 0.4) is 0 Å². The van der Waals surface area contributed by atoms with Crippen molar-refractivity contribution in [3.63, 3.8) is 0 Å². The highest BCUT2D eigenvalue weighted by Crippen LogP contribution is 2.26. The molecule has 0 bridgehead atoms. The molecule has 1 aliphatic rings. The van der Waals surface area contributed by atoms with Crippen LogP contribution in [0.25, 0.3) is 0 Å². The SMILES string of the molecule is CCCc1ccc(N2CC(C(=O)NC(C)(C)C(N)=O)CC2=O)cc1. The molecule has 0 saturated carbocycles. The molecule has 2 rings (SSSR count). The zero-order valence-electron chi connectivity index (χ0n) is 14.5. The lowest BCUT2D eigenvalue weighted by Crippen LogP contribution is -2.54. The van der Waals surface area contributed by atoms with Crippen LogP contribution in [0.15, 0.2) is 24.3 Å². The van der Waals surface area contributed by atoms with Crippen LogP contribution in [0.2, 0.25) is 0 Å². The number of rotatable bonds is 6. The van der Waals surface area contributed by atoms with Crippen LogP contribution >= 0.6 is 0 Å². The quantitative estimate of drug-likeness (QED) is 0.824. The molecule has 1 fully saturated rings. The first-order valence-electron chi connectivity index (χ1n) is 8.26. The van der Waals surface area contributed by atoms with Crippen LogP contribution in [0.5, 0.6) is 0 Å². The van der Waals surface area contributed by atoms with Crippen LogP contribution in [0.4, 0.5) is 5.69 Å². The highest BCUT2D eigenvalue weighted by atomic mass is 16.2. The lowest BCUT2D eigenvalue weighted by atomic mass is 10.0. The Morgan fingerprint density at radius 2 is 1.92 bits per heavy atom. The molecule has 0 aromatic heterocycles. The van der Waals surface area contributed by atoms with Gasteiger partial charge in [0.25, 0.3) is 0 Å². The lowest BCUT2D eigenvalue weighted by Gasteiger charge is -2.24. The Morgan fingerprint density at radius 1 is 1.29 bits per heavy atom. The van der Waals surface area contributed by atoms with Crippen molar-refractivity contribution in [2.75, 3.05) is 11.4 Å². The Labute approximate surface area is 142 Å². The van der Waals surface area contributed by atoms with E-state index in [0.717, 1.165) is 18.5 Å². The summed E-state index contributed by atoms with van der Waals surface area (Å²) in [5.74, 6) is -1.50. The van der Waals surface area contributed by atoms with Gasteiger partial charge >= 0.3 is 0 Å². The van der Waals surface area contributed by atoms with Crippen molar-refractivity contribution in [3.8, 4) is 0 Å². The maximum absolute atomic E-state index is 12.3. The third kappa shape index (κ3) is 3.93. The standard InChI is InChI=1S/C18H25N3O3/c1-4-5-12-6-8-14(9-7-12)21-11-13(10-15(21)22)16(23)20-18(2,3)17(19)24/h6-9,13H,4-5,10-11H2,1-3H3,(H2,19,24)(H,20,23). The number of primary amides is 1. The Hall–Kier alpha value is -2.37. The third-order valence-corrected chi connectivity index (χ3v) is 4.33. The minimum atomic E-state index is -1.13. The summed E-state index contributed by atoms with van der Waals surface area (Å²) >= 11 is 0. The van der Waals surface area contributed by atoms with E-state index in [2.05, 4.69) is 12.2 Å². The van der Waals surface area contributed by atoms with E-state index in [1.807, 2.05) is 24.3 Å². The molecule has 1 heterocycles. The minimum Gasteiger partial charge on any atom is -0.368 e. The van der Waals surface area contributed by atoms with Gasteiger partial charge in [-0.3, -0.25) is 14.4 Å². The van der Waals surface area contributed by atoms with Gasteiger partial charge in [0.05, 0.1) is 5.92 Å². The first kappa shape index (κ1) is 18.0. The van der Waals surface area contributed by atoms with Crippen molar-refractivity contribution < 1.29 is 14.4 Å². The van der Waals surface area contributed by atoms with Crippen molar-refractivity contribution in [1.29, 1.82) is 0 Å². The van der Waals surface area contributed by atoms with Gasteiger partial charge in [0.2, 0.25) is 17.7 Å². The van der Waals surface area contributed by atoms with Gasteiger partial charge in [0.1, 0.15) is 5.54 Å². The second-order valence-electron chi connectivity index (χ2n) is 6.80. The van der Waals surface area contributed by atoms with E-state index in [4.69, 9.17) is 5.73 Å². The lowest BCUT2D eigenvalue weighted by molar-refractivity contribution is -0.132. The minimum absolute atomic E-state index is 0.0877. The van der Waals surface area contributed by atoms with Crippen LogP contribution in [0, 0.1) is 5.92 Å². The largest absolute Gasteiger partial charge is 0.368 e. The van der Waals surface area contributed by atoms with Crippen molar-refractivity contribution in [2.24, 2.45) is 11.7 Å². The molecule has 1 atom stereocenters. The van der Waals surface area contributed by atoms with E-state index in [-0.39, 0.29) is 18.2 Å². The number of carbonyl (C=O) groups excluding carboxylic acids is 3. The molecule has 1 aliphatic heterocycles. The van der Waals surface area contributed by atoms with Gasteiger partial charge < -0.3 is 16.0 Å². The molecule has 130 valence electrons. The van der Waals surface area contributed by atoms with Gasteiger partial charge in [-0.05, 0) is 38.0 Å². The average Bonchev–Trinajstić information content (AvgIpc) is 2.90. The van der Waals surface area contributed by atoms with Crippen LogP contribution in [-0.4, -0.2) is 29.8 Å². The van der Waals surface area contributed by atoms with Gasteiger partial charge in [-0.25, -0.2) is 0 Å². The summed E-state index contributed by atoms with van der Waals surface area (Å²) in [6, 6.07) is 7.85. The van der Waals surface area contributed by atoms with Gasteiger partial charge in [-0.15, -0.1) is 0 Å². The summed E-state index contributed by atoms with van der Waals surface area (Å²) in [5, 5.41) is 2.62. The first-order chi connectivity index (χ1) is 11.2. The molecule has 1 aromatic rings. The number of nitrogens with zero attached hydrogens (tertiary/aromatic N) is 1. The van der Waals surface area contributed by atoms with E-state index in [1.54, 1.807) is 18.7 Å². The van der Waals surface area contributed by atoms with E-state index < -0.39 is 17.4 Å². The highest BCUT2D eigenvalue weighted by Gasteiger charge is 2.38. The summed E-state index contributed by atoms with van der Waals surface area (Å²) in [6.45, 7) is 5.53. The predicted molar refractivity (Wildman–Crippen MR) is 92.3 cm³/mol. The van der Waals surface area contributed by atoms with Crippen LogP contribution in [0.1, 0.15) is 39.2 Å². The molecular formula is C18H25N3O3. The highest BCUT2D eigenvalue weighted by molar-refractivity contribution is 6.01. The summed E-state index contributed by atoms with van der Waals surface area (Å²) in [5.41, 5.74) is 6.16. The number of anilines is 1. The molecule has 0 radical (unpaired) electrons.